The monoisotopic (exact) mass is 507 g/mol. The summed E-state index contributed by atoms with van der Waals surface area (Å²) in [5.74, 6) is -1.82. The first-order chi connectivity index (χ1) is 17.3. The van der Waals surface area contributed by atoms with E-state index in [0.29, 0.717) is 28.7 Å². The number of aromatic nitrogens is 3. The highest BCUT2D eigenvalue weighted by Gasteiger charge is 2.22. The van der Waals surface area contributed by atoms with Gasteiger partial charge in [-0.25, -0.2) is 27.2 Å². The zero-order valence-corrected chi connectivity index (χ0v) is 19.6. The molecule has 182 valence electrons. The second-order valence-corrected chi connectivity index (χ2v) is 9.46. The number of halogens is 2. The minimum atomic E-state index is -4.41. The Hall–Kier alpha value is -4.51. The number of ether oxygens (including phenoxy) is 1. The van der Waals surface area contributed by atoms with Crippen molar-refractivity contribution in [2.24, 2.45) is 0 Å². The molecule has 2 heterocycles. The molecule has 3 aromatic carbocycles. The number of imidazole rings is 1. The van der Waals surface area contributed by atoms with E-state index in [1.165, 1.54) is 19.4 Å². The molecule has 0 radical (unpaired) electrons. The molecule has 2 aromatic heterocycles. The normalized spacial score (nSPS) is 11.5. The van der Waals surface area contributed by atoms with Crippen molar-refractivity contribution in [2.75, 3.05) is 17.6 Å². The van der Waals surface area contributed by atoms with E-state index in [-0.39, 0.29) is 11.6 Å². The average molecular weight is 508 g/mol. The minimum Gasteiger partial charge on any atom is -0.480 e. The van der Waals surface area contributed by atoms with Gasteiger partial charge in [0.1, 0.15) is 22.2 Å². The fraction of sp³-hybridized carbons (Fsp3) is 0.0400. The van der Waals surface area contributed by atoms with Crippen molar-refractivity contribution in [3.05, 3.63) is 90.6 Å². The number of nitrogens with zero attached hydrogens (tertiary/aromatic N) is 3. The molecule has 5 rings (SSSR count). The first-order valence-electron chi connectivity index (χ1n) is 10.6. The van der Waals surface area contributed by atoms with Gasteiger partial charge < -0.3 is 10.5 Å². The van der Waals surface area contributed by atoms with Crippen LogP contribution in [-0.4, -0.2) is 30.1 Å². The maximum Gasteiger partial charge on any atom is 0.264 e. The Morgan fingerprint density at radius 1 is 0.972 bits per heavy atom. The number of nitrogen functional groups attached to an aromatic ring is 1. The molecule has 5 aromatic rings. The largest absolute Gasteiger partial charge is 0.480 e. The number of methoxy groups -OCH3 is 1. The number of rotatable bonds is 6. The summed E-state index contributed by atoms with van der Waals surface area (Å²) in [4.78, 5) is 7.91. The zero-order chi connectivity index (χ0) is 25.4. The van der Waals surface area contributed by atoms with Gasteiger partial charge in [-0.2, -0.15) is 0 Å². The molecule has 0 atom stereocenters. The van der Waals surface area contributed by atoms with Crippen molar-refractivity contribution in [1.82, 2.24) is 14.5 Å². The summed E-state index contributed by atoms with van der Waals surface area (Å²) in [7, 11) is -3.08. The van der Waals surface area contributed by atoms with Gasteiger partial charge in [0.25, 0.3) is 10.0 Å². The number of nitrogens with two attached hydrogens (primary N) is 1. The van der Waals surface area contributed by atoms with Crippen molar-refractivity contribution in [1.29, 1.82) is 0 Å². The molecule has 0 spiro atoms. The van der Waals surface area contributed by atoms with E-state index in [1.807, 2.05) is 36.4 Å². The summed E-state index contributed by atoms with van der Waals surface area (Å²) < 4.78 is 62.4. The zero-order valence-electron chi connectivity index (χ0n) is 18.8. The van der Waals surface area contributed by atoms with Crippen LogP contribution in [0.15, 0.2) is 83.9 Å². The molecular weight excluding hydrogens is 488 g/mol. The number of sulfonamides is 1. The van der Waals surface area contributed by atoms with E-state index in [1.54, 1.807) is 16.7 Å². The molecule has 0 saturated carbocycles. The lowest BCUT2D eigenvalue weighted by atomic mass is 10.1. The van der Waals surface area contributed by atoms with Crippen LogP contribution in [0.3, 0.4) is 0 Å². The Labute approximate surface area is 205 Å². The molecule has 0 fully saturated rings. The first-order valence-corrected chi connectivity index (χ1v) is 12.1. The van der Waals surface area contributed by atoms with Gasteiger partial charge in [-0.3, -0.25) is 9.29 Å². The lowest BCUT2D eigenvalue weighted by molar-refractivity contribution is 0.400. The summed E-state index contributed by atoms with van der Waals surface area (Å²) in [5, 5.41) is 0. The van der Waals surface area contributed by atoms with Crippen molar-refractivity contribution >= 4 is 32.7 Å². The van der Waals surface area contributed by atoms with E-state index < -0.39 is 26.6 Å². The molecule has 11 heteroatoms. The number of anilines is 2. The molecule has 36 heavy (non-hydrogen) atoms. The van der Waals surface area contributed by atoms with Gasteiger partial charge >= 0.3 is 0 Å². The van der Waals surface area contributed by atoms with E-state index in [2.05, 4.69) is 14.7 Å². The van der Waals surface area contributed by atoms with Gasteiger partial charge in [-0.05, 0) is 48.0 Å². The highest BCUT2D eigenvalue weighted by Crippen LogP contribution is 2.33. The molecule has 0 aliphatic carbocycles. The Kier molecular flexibility index (Phi) is 5.77. The molecule has 0 aliphatic heterocycles. The summed E-state index contributed by atoms with van der Waals surface area (Å²) >= 11 is 0. The number of para-hydroxylation sites is 1. The molecule has 0 amide bonds. The number of benzene rings is 3. The maximum atomic E-state index is 14.2. The van der Waals surface area contributed by atoms with Gasteiger partial charge in [0.15, 0.2) is 0 Å². The number of hydrogen-bond acceptors (Lipinski definition) is 6. The minimum absolute atomic E-state index is 0.0186. The first kappa shape index (κ1) is 23.2. The topological polar surface area (TPSA) is 112 Å². The van der Waals surface area contributed by atoms with E-state index in [0.717, 1.165) is 23.3 Å². The van der Waals surface area contributed by atoms with E-state index in [4.69, 9.17) is 10.5 Å². The fourth-order valence-electron chi connectivity index (χ4n) is 3.86. The summed E-state index contributed by atoms with van der Waals surface area (Å²) in [5.41, 5.74) is 9.65. The highest BCUT2D eigenvalue weighted by atomic mass is 32.2. The quantitative estimate of drug-likeness (QED) is 0.343. The van der Waals surface area contributed by atoms with Crippen LogP contribution in [0.1, 0.15) is 0 Å². The molecular formula is C25H19F2N5O3S. The van der Waals surface area contributed by atoms with E-state index >= 15 is 0 Å². The van der Waals surface area contributed by atoms with Crippen LogP contribution in [0, 0.1) is 11.6 Å². The Balaban J connectivity index is 1.58. The third-order valence-electron chi connectivity index (χ3n) is 5.50. The second-order valence-electron chi connectivity index (χ2n) is 7.81. The van der Waals surface area contributed by atoms with Crippen molar-refractivity contribution < 1.29 is 21.9 Å². The average Bonchev–Trinajstić information content (AvgIpc) is 3.19. The third-order valence-corrected chi connectivity index (χ3v) is 6.90. The van der Waals surface area contributed by atoms with Gasteiger partial charge in [0.2, 0.25) is 11.8 Å². The second kappa shape index (κ2) is 8.93. The molecule has 3 N–H and O–H groups in total. The van der Waals surface area contributed by atoms with Crippen LogP contribution in [0.2, 0.25) is 0 Å². The molecule has 0 bridgehead atoms. The molecule has 0 saturated heterocycles. The molecule has 0 unspecified atom stereocenters. The summed E-state index contributed by atoms with van der Waals surface area (Å²) in [6.45, 7) is 0. The maximum absolute atomic E-state index is 14.2. The molecule has 8 nitrogen and oxygen atoms in total. The number of nitrogens with one attached hydrogen (secondary N) is 1. The van der Waals surface area contributed by atoms with Crippen molar-refractivity contribution in [3.8, 4) is 22.7 Å². The summed E-state index contributed by atoms with van der Waals surface area (Å²) in [6.07, 6.45) is 1.52. The lowest BCUT2D eigenvalue weighted by Crippen LogP contribution is -2.15. The predicted octanol–water partition coefficient (Wildman–Crippen LogP) is 4.76. The number of fused-ring (bicyclic) bond motifs is 1. The van der Waals surface area contributed by atoms with Gasteiger partial charge in [0.05, 0.1) is 18.1 Å². The van der Waals surface area contributed by atoms with Crippen LogP contribution < -0.4 is 15.2 Å². The standard InChI is InChI=1S/C25H19F2N5O3S/c1-35-24-21(31-36(33,34)23-10-8-17(26)13-19(23)27)11-16(14-29-24)15-7-9-20-22(12-15)32(25(28)30-20)18-5-3-2-4-6-18/h2-14,31H,1H3,(H2,28,30). The van der Waals surface area contributed by atoms with Gasteiger partial charge in [-0.15, -0.1) is 0 Å². The fourth-order valence-corrected chi connectivity index (χ4v) is 4.97. The Morgan fingerprint density at radius 2 is 1.75 bits per heavy atom. The smallest absolute Gasteiger partial charge is 0.264 e. The van der Waals surface area contributed by atoms with Crippen molar-refractivity contribution in [3.63, 3.8) is 0 Å². The highest BCUT2D eigenvalue weighted by molar-refractivity contribution is 7.92. The lowest BCUT2D eigenvalue weighted by Gasteiger charge is -2.13. The molecule has 0 aliphatic rings. The predicted molar refractivity (Wildman–Crippen MR) is 132 cm³/mol. The third kappa shape index (κ3) is 4.20. The Bertz CT molecular complexity index is 1710. The van der Waals surface area contributed by atoms with Gasteiger partial charge in [-0.1, -0.05) is 24.3 Å². The Morgan fingerprint density at radius 3 is 2.47 bits per heavy atom. The van der Waals surface area contributed by atoms with E-state index in [9.17, 15) is 17.2 Å². The summed E-state index contributed by atoms with van der Waals surface area (Å²) in [6, 6.07) is 18.6. The van der Waals surface area contributed by atoms with Crippen molar-refractivity contribution in [2.45, 2.75) is 4.90 Å². The van der Waals surface area contributed by atoms with Crippen LogP contribution >= 0.6 is 0 Å². The van der Waals surface area contributed by atoms with Crippen LogP contribution in [-0.2, 0) is 10.0 Å². The SMILES string of the molecule is COc1ncc(-c2ccc3nc(N)n(-c4ccccc4)c3c2)cc1NS(=O)(=O)c1ccc(F)cc1F. The number of hydrogen-bond donors (Lipinski definition) is 2. The van der Waals surface area contributed by atoms with Gasteiger partial charge in [0, 0.05) is 23.5 Å². The van der Waals surface area contributed by atoms with Crippen LogP contribution in [0.25, 0.3) is 27.8 Å². The van der Waals surface area contributed by atoms with Crippen LogP contribution in [0.4, 0.5) is 20.4 Å². The number of pyridine rings is 1. The van der Waals surface area contributed by atoms with Crippen LogP contribution in [0.5, 0.6) is 5.88 Å².